The molecule has 0 spiro atoms. The lowest BCUT2D eigenvalue weighted by Gasteiger charge is -2.13. The predicted molar refractivity (Wildman–Crippen MR) is 128 cm³/mol. The molecule has 168 valence electrons. The van der Waals surface area contributed by atoms with Crippen molar-refractivity contribution < 1.29 is 14.7 Å². The van der Waals surface area contributed by atoms with E-state index in [0.29, 0.717) is 33.9 Å². The molecule has 0 fully saturated rings. The third-order valence-corrected chi connectivity index (χ3v) is 6.32. The van der Waals surface area contributed by atoms with E-state index in [2.05, 4.69) is 15.3 Å². The van der Waals surface area contributed by atoms with Crippen LogP contribution in [0.5, 0.6) is 0 Å². The molecule has 0 aliphatic carbocycles. The number of benzene rings is 2. The molecule has 1 aromatic heterocycles. The third-order valence-electron chi connectivity index (χ3n) is 5.05. The van der Waals surface area contributed by atoms with Gasteiger partial charge in [0, 0.05) is 17.1 Å². The molecule has 2 aromatic carbocycles. The monoisotopic (exact) mass is 481 g/mol. The zero-order valence-corrected chi connectivity index (χ0v) is 19.4. The maximum atomic E-state index is 13.0. The second kappa shape index (κ2) is 9.60. The van der Waals surface area contributed by atoms with Crippen LogP contribution in [0.15, 0.2) is 75.8 Å². The van der Waals surface area contributed by atoms with E-state index in [1.54, 1.807) is 31.2 Å². The van der Waals surface area contributed by atoms with Gasteiger partial charge in [-0.2, -0.15) is 10.1 Å². The lowest BCUT2D eigenvalue weighted by molar-refractivity contribution is -0.131. The van der Waals surface area contributed by atoms with E-state index in [4.69, 9.17) is 11.6 Å². The molecule has 8 nitrogen and oxygen atoms in total. The molecule has 0 unspecified atom stereocenters. The second-order valence-electron chi connectivity index (χ2n) is 7.20. The number of amides is 1. The van der Waals surface area contributed by atoms with Crippen molar-refractivity contribution in [1.82, 2.24) is 14.8 Å². The highest BCUT2D eigenvalue weighted by Gasteiger charge is 2.34. The number of rotatable bonds is 7. The summed E-state index contributed by atoms with van der Waals surface area (Å²) in [6.07, 6.45) is 1.42. The summed E-state index contributed by atoms with van der Waals surface area (Å²) in [6, 6.07) is 16.2. The Labute approximate surface area is 199 Å². The van der Waals surface area contributed by atoms with Crippen LogP contribution in [0.2, 0.25) is 5.02 Å². The molecule has 0 saturated carbocycles. The molecule has 1 amide bonds. The van der Waals surface area contributed by atoms with Crippen LogP contribution in [0.3, 0.4) is 0 Å². The first-order valence-electron chi connectivity index (χ1n) is 10.1. The number of carboxylic acid groups (broad SMARTS) is 1. The van der Waals surface area contributed by atoms with Gasteiger partial charge in [-0.05, 0) is 68.1 Å². The highest BCUT2D eigenvalue weighted by atomic mass is 35.5. The maximum absolute atomic E-state index is 13.0. The maximum Gasteiger partial charge on any atom is 0.342 e. The molecule has 1 aliphatic heterocycles. The Morgan fingerprint density at radius 3 is 2.48 bits per heavy atom. The van der Waals surface area contributed by atoms with Crippen molar-refractivity contribution in [1.29, 1.82) is 0 Å². The van der Waals surface area contributed by atoms with Crippen molar-refractivity contribution in [2.75, 3.05) is 5.01 Å². The van der Waals surface area contributed by atoms with Crippen molar-refractivity contribution in [2.45, 2.75) is 25.5 Å². The van der Waals surface area contributed by atoms with E-state index in [9.17, 15) is 14.7 Å². The van der Waals surface area contributed by atoms with Crippen molar-refractivity contribution in [3.05, 3.63) is 70.6 Å². The number of thioether (sulfide) groups is 1. The zero-order valence-electron chi connectivity index (χ0n) is 17.8. The summed E-state index contributed by atoms with van der Waals surface area (Å²) in [6.45, 7) is 4.16. The minimum Gasteiger partial charge on any atom is -0.477 e. The average molecular weight is 482 g/mol. The van der Waals surface area contributed by atoms with Crippen LogP contribution < -0.4 is 5.01 Å². The normalized spacial score (nSPS) is 16.3. The molecule has 1 atom stereocenters. The van der Waals surface area contributed by atoms with Gasteiger partial charge in [-0.15, -0.1) is 10.2 Å². The van der Waals surface area contributed by atoms with Crippen molar-refractivity contribution in [3.8, 4) is 11.4 Å². The zero-order chi connectivity index (χ0) is 23.5. The molecular weight excluding hydrogens is 462 g/mol. The summed E-state index contributed by atoms with van der Waals surface area (Å²) < 4.78 is 1.82. The van der Waals surface area contributed by atoms with Crippen molar-refractivity contribution in [3.63, 3.8) is 0 Å². The first-order chi connectivity index (χ1) is 15.9. The largest absolute Gasteiger partial charge is 0.477 e. The number of para-hydroxylation sites is 1. The minimum atomic E-state index is -1.16. The lowest BCUT2D eigenvalue weighted by Crippen LogP contribution is -2.26. The molecule has 1 aliphatic rings. The summed E-state index contributed by atoms with van der Waals surface area (Å²) in [5.74, 6) is -1.64. The van der Waals surface area contributed by atoms with Crippen LogP contribution >= 0.6 is 23.4 Å². The summed E-state index contributed by atoms with van der Waals surface area (Å²) in [4.78, 5) is 25.0. The number of anilines is 1. The highest BCUT2D eigenvalue weighted by Crippen LogP contribution is 2.32. The van der Waals surface area contributed by atoms with Gasteiger partial charge in [0.15, 0.2) is 11.0 Å². The Bertz CT molecular complexity index is 1250. The van der Waals surface area contributed by atoms with Gasteiger partial charge in [0.2, 0.25) is 0 Å². The van der Waals surface area contributed by atoms with E-state index in [0.717, 1.165) is 17.3 Å². The number of aliphatic carboxylic acids is 1. The quantitative estimate of drug-likeness (QED) is 0.387. The first-order valence-corrected chi connectivity index (χ1v) is 11.3. The molecular formula is C23H20ClN5O3S. The van der Waals surface area contributed by atoms with E-state index in [-0.39, 0.29) is 10.8 Å². The van der Waals surface area contributed by atoms with Gasteiger partial charge in [0.05, 0.1) is 22.2 Å². The standard InChI is InChI=1S/C23H20ClN5O3S/c1-3-28-20(15-9-11-16(24)12-10-15)25-26-23(28)33-19(22(31)32)13-18-14(2)27-29(21(18)30)17-7-5-4-6-8-17/h4-13,18H,3H2,1-2H3,(H,31,32)/b19-13+/t18-/m1/s1. The minimum absolute atomic E-state index is 0.0254. The highest BCUT2D eigenvalue weighted by molar-refractivity contribution is 8.03. The molecule has 4 rings (SSSR count). The molecule has 33 heavy (non-hydrogen) atoms. The number of halogens is 1. The fourth-order valence-electron chi connectivity index (χ4n) is 3.39. The number of nitrogens with zero attached hydrogens (tertiary/aromatic N) is 5. The number of carbonyl (C=O) groups excluding carboxylic acids is 1. The second-order valence-corrected chi connectivity index (χ2v) is 8.65. The van der Waals surface area contributed by atoms with Crippen LogP contribution in [-0.4, -0.2) is 37.5 Å². The van der Waals surface area contributed by atoms with Crippen LogP contribution in [0.25, 0.3) is 11.4 Å². The van der Waals surface area contributed by atoms with Gasteiger partial charge in [-0.1, -0.05) is 29.8 Å². The Morgan fingerprint density at radius 2 is 1.85 bits per heavy atom. The molecule has 0 saturated heterocycles. The Balaban J connectivity index is 1.63. The van der Waals surface area contributed by atoms with Crippen molar-refractivity contribution >= 4 is 46.6 Å². The van der Waals surface area contributed by atoms with Crippen LogP contribution in [0.1, 0.15) is 13.8 Å². The van der Waals surface area contributed by atoms with Crippen molar-refractivity contribution in [2.24, 2.45) is 11.0 Å². The van der Waals surface area contributed by atoms with E-state index in [1.807, 2.05) is 41.8 Å². The fraction of sp³-hybridized carbons (Fsp3) is 0.174. The Kier molecular flexibility index (Phi) is 6.62. The van der Waals surface area contributed by atoms with Gasteiger partial charge < -0.3 is 9.67 Å². The molecule has 0 radical (unpaired) electrons. The Morgan fingerprint density at radius 1 is 1.15 bits per heavy atom. The van der Waals surface area contributed by atoms with E-state index in [1.165, 1.54) is 11.1 Å². The third kappa shape index (κ3) is 4.69. The van der Waals surface area contributed by atoms with Gasteiger partial charge in [0.25, 0.3) is 5.91 Å². The number of hydrogen-bond donors (Lipinski definition) is 1. The number of hydrogen-bond acceptors (Lipinski definition) is 6. The molecule has 2 heterocycles. The number of carboxylic acids is 1. The van der Waals surface area contributed by atoms with Gasteiger partial charge in [0.1, 0.15) is 0 Å². The number of hydrazone groups is 1. The van der Waals surface area contributed by atoms with Crippen LogP contribution in [0.4, 0.5) is 5.69 Å². The van der Waals surface area contributed by atoms with Crippen LogP contribution in [-0.2, 0) is 16.1 Å². The Hall–Kier alpha value is -3.43. The topological polar surface area (TPSA) is 101 Å². The summed E-state index contributed by atoms with van der Waals surface area (Å²) in [7, 11) is 0. The summed E-state index contributed by atoms with van der Waals surface area (Å²) >= 11 is 6.93. The molecule has 0 bridgehead atoms. The van der Waals surface area contributed by atoms with Gasteiger partial charge in [-0.25, -0.2) is 4.79 Å². The summed E-state index contributed by atoms with van der Waals surface area (Å²) in [5.41, 5.74) is 1.96. The molecule has 1 N–H and O–H groups in total. The number of carbonyl (C=O) groups is 2. The van der Waals surface area contributed by atoms with Crippen LogP contribution in [0, 0.1) is 5.92 Å². The predicted octanol–water partition coefficient (Wildman–Crippen LogP) is 4.72. The molecule has 3 aromatic rings. The first kappa shape index (κ1) is 22.8. The van der Waals surface area contributed by atoms with E-state index < -0.39 is 11.9 Å². The smallest absolute Gasteiger partial charge is 0.342 e. The fourth-order valence-corrected chi connectivity index (χ4v) is 4.41. The number of aromatic nitrogens is 3. The summed E-state index contributed by atoms with van der Waals surface area (Å²) in [5, 5.41) is 24.9. The van der Waals surface area contributed by atoms with E-state index >= 15 is 0 Å². The molecule has 10 heteroatoms. The average Bonchev–Trinajstić information content (AvgIpc) is 3.35. The van der Waals surface area contributed by atoms with Gasteiger partial charge >= 0.3 is 5.97 Å². The van der Waals surface area contributed by atoms with Gasteiger partial charge in [-0.3, -0.25) is 4.79 Å². The SMILES string of the molecule is CCn1c(S/C(=C/[C@H]2C(=O)N(c3ccccc3)N=C2C)C(=O)O)nnc1-c1ccc(Cl)cc1. The lowest BCUT2D eigenvalue weighted by atomic mass is 10.0.